The number of hydrogen-bond donors (Lipinski definition) is 3. The smallest absolute Gasteiger partial charge is 0.335 e. The summed E-state index contributed by atoms with van der Waals surface area (Å²) in [5.74, 6) is -1.22. The van der Waals surface area contributed by atoms with Crippen LogP contribution in [-0.4, -0.2) is 37.2 Å². The topological polar surface area (TPSA) is 104 Å². The Morgan fingerprint density at radius 1 is 1.47 bits per heavy atom. The summed E-state index contributed by atoms with van der Waals surface area (Å²) in [5, 5.41) is 17.8. The summed E-state index contributed by atoms with van der Waals surface area (Å²) in [6, 6.07) is 1.78. The van der Waals surface area contributed by atoms with Crippen LogP contribution in [0.2, 0.25) is 0 Å². The van der Waals surface area contributed by atoms with Gasteiger partial charge in [-0.2, -0.15) is 0 Å². The van der Waals surface area contributed by atoms with E-state index in [9.17, 15) is 13.2 Å². The first kappa shape index (κ1) is 16.1. The standard InChI is InChI=1S/C11H14BrNO5S/c1-6(5-14)13-19(17,18)10-4-8(11(15)16)3-9(12)7(10)2/h3-4,6,13-14H,5H2,1-2H3,(H,15,16)/t6-/m1/s1. The largest absolute Gasteiger partial charge is 0.478 e. The predicted molar refractivity (Wildman–Crippen MR) is 72.7 cm³/mol. The molecular weight excluding hydrogens is 338 g/mol. The second kappa shape index (κ2) is 6.00. The minimum absolute atomic E-state index is 0.125. The molecule has 0 fully saturated rings. The van der Waals surface area contributed by atoms with Crippen LogP contribution in [0.5, 0.6) is 0 Å². The molecular formula is C11H14BrNO5S. The fourth-order valence-electron chi connectivity index (χ4n) is 1.42. The first-order chi connectivity index (χ1) is 8.69. The average Bonchev–Trinajstić information content (AvgIpc) is 2.31. The molecule has 1 rings (SSSR count). The summed E-state index contributed by atoms with van der Waals surface area (Å²) in [5.41, 5.74) is 0.275. The van der Waals surface area contributed by atoms with E-state index in [1.165, 1.54) is 13.0 Å². The lowest BCUT2D eigenvalue weighted by atomic mass is 10.1. The fraction of sp³-hybridized carbons (Fsp3) is 0.364. The minimum Gasteiger partial charge on any atom is -0.478 e. The molecule has 3 N–H and O–H groups in total. The third kappa shape index (κ3) is 3.75. The van der Waals surface area contributed by atoms with E-state index in [0.717, 1.165) is 6.07 Å². The monoisotopic (exact) mass is 351 g/mol. The van der Waals surface area contributed by atoms with Crippen molar-refractivity contribution >= 4 is 31.9 Å². The molecule has 106 valence electrons. The number of carboxylic acid groups (broad SMARTS) is 1. The maximum absolute atomic E-state index is 12.1. The number of rotatable bonds is 5. The highest BCUT2D eigenvalue weighted by atomic mass is 79.9. The van der Waals surface area contributed by atoms with Crippen LogP contribution in [0.15, 0.2) is 21.5 Å². The maximum Gasteiger partial charge on any atom is 0.335 e. The van der Waals surface area contributed by atoms with Gasteiger partial charge in [-0.3, -0.25) is 0 Å². The van der Waals surface area contributed by atoms with E-state index in [0.29, 0.717) is 10.0 Å². The number of hydrogen-bond acceptors (Lipinski definition) is 4. The normalized spacial score (nSPS) is 13.3. The first-order valence-corrected chi connectivity index (χ1v) is 7.63. The summed E-state index contributed by atoms with van der Waals surface area (Å²) in [6.45, 7) is 2.72. The quantitative estimate of drug-likeness (QED) is 0.737. The second-order valence-electron chi connectivity index (χ2n) is 4.09. The van der Waals surface area contributed by atoms with Gasteiger partial charge in [-0.15, -0.1) is 0 Å². The van der Waals surface area contributed by atoms with Crippen molar-refractivity contribution in [3.05, 3.63) is 27.7 Å². The number of sulfonamides is 1. The lowest BCUT2D eigenvalue weighted by Gasteiger charge is -2.14. The van der Waals surface area contributed by atoms with Crippen molar-refractivity contribution in [1.82, 2.24) is 4.72 Å². The van der Waals surface area contributed by atoms with E-state index in [1.54, 1.807) is 6.92 Å². The van der Waals surface area contributed by atoms with Gasteiger partial charge in [0.15, 0.2) is 0 Å². The summed E-state index contributed by atoms with van der Waals surface area (Å²) in [6.07, 6.45) is 0. The Labute approximate surface area is 119 Å². The Morgan fingerprint density at radius 2 is 2.05 bits per heavy atom. The van der Waals surface area contributed by atoms with Crippen molar-refractivity contribution in [2.45, 2.75) is 24.8 Å². The highest BCUT2D eigenvalue weighted by Gasteiger charge is 2.22. The molecule has 0 unspecified atom stereocenters. The molecule has 0 saturated carbocycles. The van der Waals surface area contributed by atoms with Crippen molar-refractivity contribution in [2.24, 2.45) is 0 Å². The zero-order valence-electron chi connectivity index (χ0n) is 10.3. The van der Waals surface area contributed by atoms with Gasteiger partial charge in [0.25, 0.3) is 0 Å². The van der Waals surface area contributed by atoms with Gasteiger partial charge in [0.2, 0.25) is 10.0 Å². The summed E-state index contributed by atoms with van der Waals surface area (Å²) < 4.78 is 26.9. The van der Waals surface area contributed by atoms with Gasteiger partial charge in [0, 0.05) is 10.5 Å². The molecule has 0 radical (unpaired) electrons. The van der Waals surface area contributed by atoms with Crippen LogP contribution in [0.3, 0.4) is 0 Å². The van der Waals surface area contributed by atoms with E-state index in [-0.39, 0.29) is 17.1 Å². The summed E-state index contributed by atoms with van der Waals surface area (Å²) in [4.78, 5) is 10.8. The van der Waals surface area contributed by atoms with Gasteiger partial charge in [-0.25, -0.2) is 17.9 Å². The fourth-order valence-corrected chi connectivity index (χ4v) is 3.54. The Morgan fingerprint density at radius 3 is 2.53 bits per heavy atom. The molecule has 0 amide bonds. The molecule has 0 spiro atoms. The van der Waals surface area contributed by atoms with Crippen molar-refractivity contribution < 1.29 is 23.4 Å². The molecule has 0 aliphatic carbocycles. The molecule has 6 nitrogen and oxygen atoms in total. The van der Waals surface area contributed by atoms with E-state index in [1.807, 2.05) is 0 Å². The molecule has 0 aliphatic rings. The Hall–Kier alpha value is -0.960. The number of aliphatic hydroxyl groups is 1. The van der Waals surface area contributed by atoms with E-state index >= 15 is 0 Å². The lowest BCUT2D eigenvalue weighted by Crippen LogP contribution is -2.35. The van der Waals surface area contributed by atoms with Gasteiger partial charge in [-0.1, -0.05) is 15.9 Å². The third-order valence-corrected chi connectivity index (χ3v) is 5.00. The predicted octanol–water partition coefficient (Wildman–Crippen LogP) is 1.11. The van der Waals surface area contributed by atoms with E-state index in [2.05, 4.69) is 20.7 Å². The molecule has 1 aromatic rings. The van der Waals surface area contributed by atoms with Gasteiger partial charge in [0.05, 0.1) is 17.1 Å². The number of aromatic carboxylic acids is 1. The molecule has 0 saturated heterocycles. The van der Waals surface area contributed by atoms with Crippen LogP contribution < -0.4 is 4.72 Å². The number of benzene rings is 1. The number of carbonyl (C=O) groups is 1. The first-order valence-electron chi connectivity index (χ1n) is 5.35. The van der Waals surface area contributed by atoms with Gasteiger partial charge < -0.3 is 10.2 Å². The zero-order chi connectivity index (χ0) is 14.8. The average molecular weight is 352 g/mol. The molecule has 0 heterocycles. The maximum atomic E-state index is 12.1. The molecule has 0 aromatic heterocycles. The second-order valence-corrected chi connectivity index (χ2v) is 6.63. The number of carboxylic acids is 1. The lowest BCUT2D eigenvalue weighted by molar-refractivity contribution is 0.0696. The van der Waals surface area contributed by atoms with Gasteiger partial charge in [-0.05, 0) is 31.5 Å². The van der Waals surface area contributed by atoms with E-state index in [4.69, 9.17) is 10.2 Å². The van der Waals surface area contributed by atoms with Crippen LogP contribution >= 0.6 is 15.9 Å². The minimum atomic E-state index is -3.88. The Balaban J connectivity index is 3.37. The van der Waals surface area contributed by atoms with Crippen molar-refractivity contribution in [2.75, 3.05) is 6.61 Å². The van der Waals surface area contributed by atoms with E-state index < -0.39 is 22.0 Å². The summed E-state index contributed by atoms with van der Waals surface area (Å²) in [7, 11) is -3.88. The zero-order valence-corrected chi connectivity index (χ0v) is 12.7. The van der Waals surface area contributed by atoms with Crippen LogP contribution in [-0.2, 0) is 10.0 Å². The van der Waals surface area contributed by atoms with Crippen molar-refractivity contribution in [1.29, 1.82) is 0 Å². The number of aliphatic hydroxyl groups excluding tert-OH is 1. The molecule has 8 heteroatoms. The molecule has 1 aromatic carbocycles. The van der Waals surface area contributed by atoms with Crippen LogP contribution in [0.4, 0.5) is 0 Å². The highest BCUT2D eigenvalue weighted by molar-refractivity contribution is 9.10. The van der Waals surface area contributed by atoms with Crippen LogP contribution in [0.25, 0.3) is 0 Å². The summed E-state index contributed by atoms with van der Waals surface area (Å²) >= 11 is 3.14. The molecule has 1 atom stereocenters. The van der Waals surface area contributed by atoms with Gasteiger partial charge in [0.1, 0.15) is 0 Å². The molecule has 0 aliphatic heterocycles. The van der Waals surface area contributed by atoms with Crippen LogP contribution in [0.1, 0.15) is 22.8 Å². The molecule has 19 heavy (non-hydrogen) atoms. The Bertz CT molecular complexity index is 599. The Kier molecular flexibility index (Phi) is 5.08. The van der Waals surface area contributed by atoms with Gasteiger partial charge >= 0.3 is 5.97 Å². The van der Waals surface area contributed by atoms with Crippen LogP contribution in [0, 0.1) is 6.92 Å². The highest BCUT2D eigenvalue weighted by Crippen LogP contribution is 2.26. The third-order valence-electron chi connectivity index (χ3n) is 2.46. The number of halogens is 1. The number of nitrogens with one attached hydrogen (secondary N) is 1. The van der Waals surface area contributed by atoms with Crippen molar-refractivity contribution in [3.63, 3.8) is 0 Å². The SMILES string of the molecule is Cc1c(Br)cc(C(=O)O)cc1S(=O)(=O)N[C@H](C)CO. The molecule has 0 bridgehead atoms. The van der Waals surface area contributed by atoms with Crippen molar-refractivity contribution in [3.8, 4) is 0 Å².